The van der Waals surface area contributed by atoms with Crippen molar-refractivity contribution in [3.8, 4) is 0 Å². The van der Waals surface area contributed by atoms with Crippen LogP contribution in [0.2, 0.25) is 0 Å². The van der Waals surface area contributed by atoms with Crippen molar-refractivity contribution in [1.29, 1.82) is 0 Å². The Morgan fingerprint density at radius 1 is 1.13 bits per heavy atom. The second-order valence-corrected chi connectivity index (χ2v) is 5.66. The molecule has 0 bridgehead atoms. The van der Waals surface area contributed by atoms with Crippen LogP contribution >= 0.6 is 0 Å². The van der Waals surface area contributed by atoms with Crippen LogP contribution in [0.1, 0.15) is 24.9 Å². The van der Waals surface area contributed by atoms with Gasteiger partial charge in [0.25, 0.3) is 0 Å². The second-order valence-electron chi connectivity index (χ2n) is 5.66. The predicted molar refractivity (Wildman–Crippen MR) is 89.5 cm³/mol. The number of benzene rings is 2. The van der Waals surface area contributed by atoms with Crippen LogP contribution in [0.25, 0.3) is 10.9 Å². The maximum Gasteiger partial charge on any atom is 0.222 e. The first-order valence-electron chi connectivity index (χ1n) is 7.72. The van der Waals surface area contributed by atoms with Gasteiger partial charge in [-0.3, -0.25) is 4.79 Å². The fourth-order valence-corrected chi connectivity index (χ4v) is 2.71. The maximum absolute atomic E-state index is 12.9. The Bertz CT molecular complexity index is 808. The van der Waals surface area contributed by atoms with Gasteiger partial charge in [-0.25, -0.2) is 4.39 Å². The Balaban J connectivity index is 1.58. The summed E-state index contributed by atoms with van der Waals surface area (Å²) in [7, 11) is 0. The zero-order valence-corrected chi connectivity index (χ0v) is 13.0. The molecule has 0 aliphatic heterocycles. The molecule has 0 spiro atoms. The summed E-state index contributed by atoms with van der Waals surface area (Å²) in [5.74, 6) is -0.286. The number of aromatic nitrogens is 1. The summed E-state index contributed by atoms with van der Waals surface area (Å²) >= 11 is 0. The zero-order valence-electron chi connectivity index (χ0n) is 13.0. The minimum Gasteiger partial charge on any atom is -0.350 e. The fraction of sp³-hybridized carbons (Fsp3) is 0.211. The van der Waals surface area contributed by atoms with Crippen LogP contribution in [-0.2, 0) is 11.3 Å². The monoisotopic (exact) mass is 310 g/mol. The second kappa shape index (κ2) is 6.65. The van der Waals surface area contributed by atoms with E-state index in [-0.39, 0.29) is 17.8 Å². The lowest BCUT2D eigenvalue weighted by atomic mass is 10.1. The number of para-hydroxylation sites is 1. The van der Waals surface area contributed by atoms with Gasteiger partial charge in [-0.1, -0.05) is 30.3 Å². The molecule has 118 valence electrons. The first-order valence-corrected chi connectivity index (χ1v) is 7.72. The van der Waals surface area contributed by atoms with Crippen molar-refractivity contribution >= 4 is 16.8 Å². The predicted octanol–water partition coefficient (Wildman–Crippen LogP) is 4.05. The van der Waals surface area contributed by atoms with Crippen LogP contribution < -0.4 is 5.32 Å². The van der Waals surface area contributed by atoms with E-state index in [2.05, 4.69) is 16.0 Å². The van der Waals surface area contributed by atoms with Crippen LogP contribution in [-0.4, -0.2) is 10.5 Å². The molecule has 1 unspecified atom stereocenters. The lowest BCUT2D eigenvalue weighted by Gasteiger charge is -2.14. The molecule has 0 saturated heterocycles. The van der Waals surface area contributed by atoms with Crippen molar-refractivity contribution in [2.45, 2.75) is 25.9 Å². The first kappa shape index (κ1) is 15.3. The number of carbonyl (C=O) groups is 1. The number of amides is 1. The fourth-order valence-electron chi connectivity index (χ4n) is 2.71. The minimum absolute atomic E-state index is 0.0143. The third-order valence-electron chi connectivity index (χ3n) is 4.01. The van der Waals surface area contributed by atoms with Crippen LogP contribution in [0.4, 0.5) is 4.39 Å². The van der Waals surface area contributed by atoms with E-state index < -0.39 is 0 Å². The standard InChI is InChI=1S/C19H19FN2O/c1-14(15-6-8-17(20)9-7-15)21-19(23)11-13-22-12-10-16-4-2-3-5-18(16)22/h2-10,12,14H,11,13H2,1H3,(H,21,23). The molecule has 0 radical (unpaired) electrons. The van der Waals surface area contributed by atoms with Gasteiger partial charge in [0.1, 0.15) is 5.82 Å². The summed E-state index contributed by atoms with van der Waals surface area (Å²) in [6.07, 6.45) is 2.41. The molecule has 1 atom stereocenters. The van der Waals surface area contributed by atoms with Crippen molar-refractivity contribution in [2.24, 2.45) is 0 Å². The quantitative estimate of drug-likeness (QED) is 0.758. The highest BCUT2D eigenvalue weighted by Crippen LogP contribution is 2.16. The van der Waals surface area contributed by atoms with Gasteiger partial charge in [-0.05, 0) is 42.1 Å². The normalized spacial score (nSPS) is 12.3. The van der Waals surface area contributed by atoms with E-state index in [0.717, 1.165) is 11.1 Å². The minimum atomic E-state index is -0.272. The van der Waals surface area contributed by atoms with Crippen molar-refractivity contribution in [2.75, 3.05) is 0 Å². The lowest BCUT2D eigenvalue weighted by molar-refractivity contribution is -0.121. The van der Waals surface area contributed by atoms with Gasteiger partial charge in [0.2, 0.25) is 5.91 Å². The Labute approximate surface area is 134 Å². The summed E-state index contributed by atoms with van der Waals surface area (Å²) in [5, 5.41) is 4.13. The highest BCUT2D eigenvalue weighted by molar-refractivity contribution is 5.80. The molecular formula is C19H19FN2O. The third-order valence-corrected chi connectivity index (χ3v) is 4.01. The third kappa shape index (κ3) is 3.59. The Hall–Kier alpha value is -2.62. The Kier molecular flexibility index (Phi) is 4.42. The topological polar surface area (TPSA) is 34.0 Å². The largest absolute Gasteiger partial charge is 0.350 e. The highest BCUT2D eigenvalue weighted by Gasteiger charge is 2.10. The number of rotatable bonds is 5. The molecule has 4 heteroatoms. The molecule has 2 aromatic carbocycles. The van der Waals surface area contributed by atoms with Gasteiger partial charge in [-0.2, -0.15) is 0 Å². The van der Waals surface area contributed by atoms with E-state index >= 15 is 0 Å². The molecular weight excluding hydrogens is 291 g/mol. The van der Waals surface area contributed by atoms with Crippen LogP contribution in [0.5, 0.6) is 0 Å². The SMILES string of the molecule is CC(NC(=O)CCn1ccc2ccccc21)c1ccc(F)cc1. The lowest BCUT2D eigenvalue weighted by Crippen LogP contribution is -2.27. The van der Waals surface area contributed by atoms with Crippen molar-refractivity contribution in [3.63, 3.8) is 0 Å². The number of fused-ring (bicyclic) bond motifs is 1. The first-order chi connectivity index (χ1) is 11.1. The summed E-state index contributed by atoms with van der Waals surface area (Å²) in [6, 6.07) is 16.2. The van der Waals surface area contributed by atoms with E-state index in [9.17, 15) is 9.18 Å². The van der Waals surface area contributed by atoms with Gasteiger partial charge >= 0.3 is 0 Å². The summed E-state index contributed by atoms with van der Waals surface area (Å²) in [6.45, 7) is 2.53. The van der Waals surface area contributed by atoms with E-state index in [1.165, 1.54) is 17.5 Å². The van der Waals surface area contributed by atoms with Gasteiger partial charge in [0.15, 0.2) is 0 Å². The average Bonchev–Trinajstić information content (AvgIpc) is 2.97. The molecule has 3 rings (SSSR count). The van der Waals surface area contributed by atoms with Crippen molar-refractivity contribution in [3.05, 3.63) is 72.2 Å². The Morgan fingerprint density at radius 2 is 1.87 bits per heavy atom. The number of aryl methyl sites for hydroxylation is 1. The number of hydrogen-bond donors (Lipinski definition) is 1. The molecule has 0 aliphatic rings. The number of carbonyl (C=O) groups excluding carboxylic acids is 1. The van der Waals surface area contributed by atoms with E-state index in [0.29, 0.717) is 13.0 Å². The number of nitrogens with zero attached hydrogens (tertiary/aromatic N) is 1. The van der Waals surface area contributed by atoms with Gasteiger partial charge in [0.05, 0.1) is 6.04 Å². The molecule has 3 aromatic rings. The molecule has 1 aromatic heterocycles. The van der Waals surface area contributed by atoms with E-state index in [1.807, 2.05) is 37.4 Å². The van der Waals surface area contributed by atoms with Gasteiger partial charge in [-0.15, -0.1) is 0 Å². The average molecular weight is 310 g/mol. The van der Waals surface area contributed by atoms with Crippen molar-refractivity contribution in [1.82, 2.24) is 9.88 Å². The molecule has 23 heavy (non-hydrogen) atoms. The molecule has 1 heterocycles. The van der Waals surface area contributed by atoms with Crippen LogP contribution in [0, 0.1) is 5.82 Å². The molecule has 0 saturated carbocycles. The van der Waals surface area contributed by atoms with Crippen molar-refractivity contribution < 1.29 is 9.18 Å². The van der Waals surface area contributed by atoms with Gasteiger partial charge < -0.3 is 9.88 Å². The maximum atomic E-state index is 12.9. The number of hydrogen-bond acceptors (Lipinski definition) is 1. The number of nitrogens with one attached hydrogen (secondary N) is 1. The molecule has 0 fully saturated rings. The summed E-state index contributed by atoms with van der Waals surface area (Å²) < 4.78 is 15.0. The molecule has 1 N–H and O–H groups in total. The summed E-state index contributed by atoms with van der Waals surface area (Å²) in [5.41, 5.74) is 2.03. The Morgan fingerprint density at radius 3 is 2.65 bits per heavy atom. The molecule has 0 aliphatic carbocycles. The van der Waals surface area contributed by atoms with Crippen LogP contribution in [0.15, 0.2) is 60.8 Å². The zero-order chi connectivity index (χ0) is 16.2. The molecule has 1 amide bonds. The smallest absolute Gasteiger partial charge is 0.222 e. The highest BCUT2D eigenvalue weighted by atomic mass is 19.1. The molecule has 3 nitrogen and oxygen atoms in total. The van der Waals surface area contributed by atoms with E-state index in [1.54, 1.807) is 12.1 Å². The van der Waals surface area contributed by atoms with Crippen LogP contribution in [0.3, 0.4) is 0 Å². The van der Waals surface area contributed by atoms with E-state index in [4.69, 9.17) is 0 Å². The van der Waals surface area contributed by atoms with Gasteiger partial charge in [0, 0.05) is 24.7 Å². The number of halogens is 1. The summed E-state index contributed by atoms with van der Waals surface area (Å²) in [4.78, 5) is 12.1.